The van der Waals surface area contributed by atoms with E-state index in [0.29, 0.717) is 38.6 Å². The van der Waals surface area contributed by atoms with Crippen molar-refractivity contribution in [2.75, 3.05) is 6.54 Å². The fourth-order valence-corrected chi connectivity index (χ4v) is 3.93. The molecule has 4 unspecified atom stereocenters. The van der Waals surface area contributed by atoms with E-state index in [4.69, 9.17) is 11.5 Å². The van der Waals surface area contributed by atoms with Crippen LogP contribution in [0.2, 0.25) is 0 Å². The molecular formula is C27H39N5O4. The molecule has 9 nitrogen and oxygen atoms in total. The summed E-state index contributed by atoms with van der Waals surface area (Å²) < 4.78 is 0. The number of carbonyl (C=O) groups is 3. The van der Waals surface area contributed by atoms with E-state index in [1.807, 2.05) is 61.5 Å². The van der Waals surface area contributed by atoms with Gasteiger partial charge in [0.15, 0.2) is 0 Å². The van der Waals surface area contributed by atoms with Crippen molar-refractivity contribution in [1.82, 2.24) is 16.0 Å². The molecule has 36 heavy (non-hydrogen) atoms. The standard InChI is InChI=1S/C27H39N5O4/c1-18-11-13-21(14-12-18)17-24(30-19(2)33)27(36)31-22(10-6-7-15-28)26(35)32-23(25(29)34)16-20-8-4-3-5-9-20/h3-5,8-9,11-14,22-24,26,32,35H,6-7,10,15-17,28H2,1-2H3,(H2,29,34)(H,30,33)(H,31,36). The summed E-state index contributed by atoms with van der Waals surface area (Å²) in [5, 5.41) is 19.4. The smallest absolute Gasteiger partial charge is 0.243 e. The topological polar surface area (TPSA) is 160 Å². The van der Waals surface area contributed by atoms with Crippen molar-refractivity contribution in [1.29, 1.82) is 0 Å². The zero-order chi connectivity index (χ0) is 26.5. The van der Waals surface area contributed by atoms with Crippen LogP contribution in [0.25, 0.3) is 0 Å². The summed E-state index contributed by atoms with van der Waals surface area (Å²) in [6, 6.07) is 14.6. The zero-order valence-electron chi connectivity index (χ0n) is 21.1. The van der Waals surface area contributed by atoms with Crippen molar-refractivity contribution in [3.8, 4) is 0 Å². The number of aliphatic hydroxyl groups excluding tert-OH is 1. The number of hydrogen-bond acceptors (Lipinski definition) is 6. The molecule has 0 aromatic heterocycles. The SMILES string of the molecule is CC(=O)NC(Cc1ccc(C)cc1)C(=O)NC(CCCCN)C(O)NC(Cc1ccccc1)C(N)=O. The Hall–Kier alpha value is -3.27. The molecule has 0 heterocycles. The van der Waals surface area contributed by atoms with Gasteiger partial charge < -0.3 is 27.2 Å². The van der Waals surface area contributed by atoms with Gasteiger partial charge in [0.1, 0.15) is 12.3 Å². The Balaban J connectivity index is 2.15. The van der Waals surface area contributed by atoms with E-state index in [-0.39, 0.29) is 5.91 Å². The fraction of sp³-hybridized carbons (Fsp3) is 0.444. The van der Waals surface area contributed by atoms with Gasteiger partial charge in [-0.1, -0.05) is 66.6 Å². The average Bonchev–Trinajstić information content (AvgIpc) is 2.84. The third-order valence-electron chi connectivity index (χ3n) is 5.93. The van der Waals surface area contributed by atoms with Crippen LogP contribution in [-0.2, 0) is 27.2 Å². The highest BCUT2D eigenvalue weighted by Crippen LogP contribution is 2.10. The summed E-state index contributed by atoms with van der Waals surface area (Å²) in [5.41, 5.74) is 14.1. The predicted octanol–water partition coefficient (Wildman–Crippen LogP) is 0.661. The van der Waals surface area contributed by atoms with Crippen LogP contribution < -0.4 is 27.4 Å². The first kappa shape index (κ1) is 29.0. The maximum Gasteiger partial charge on any atom is 0.243 e. The molecule has 3 amide bonds. The second-order valence-electron chi connectivity index (χ2n) is 9.10. The molecule has 0 bridgehead atoms. The van der Waals surface area contributed by atoms with Crippen LogP contribution >= 0.6 is 0 Å². The normalized spacial score (nSPS) is 14.3. The maximum absolute atomic E-state index is 13.2. The third-order valence-corrected chi connectivity index (χ3v) is 5.93. The molecule has 196 valence electrons. The van der Waals surface area contributed by atoms with E-state index in [9.17, 15) is 19.5 Å². The quantitative estimate of drug-likeness (QED) is 0.157. The van der Waals surface area contributed by atoms with Crippen LogP contribution in [0.15, 0.2) is 54.6 Å². The second-order valence-corrected chi connectivity index (χ2v) is 9.10. The summed E-state index contributed by atoms with van der Waals surface area (Å²) in [7, 11) is 0. The Morgan fingerprint density at radius 2 is 1.50 bits per heavy atom. The van der Waals surface area contributed by atoms with Gasteiger partial charge in [-0.15, -0.1) is 0 Å². The van der Waals surface area contributed by atoms with Crippen LogP contribution in [0.1, 0.15) is 42.9 Å². The lowest BCUT2D eigenvalue weighted by molar-refractivity contribution is -0.129. The highest BCUT2D eigenvalue weighted by molar-refractivity contribution is 5.87. The Bertz CT molecular complexity index is 968. The Morgan fingerprint density at radius 3 is 2.08 bits per heavy atom. The van der Waals surface area contributed by atoms with Crippen molar-refractivity contribution >= 4 is 17.7 Å². The Labute approximate surface area is 213 Å². The van der Waals surface area contributed by atoms with Crippen LogP contribution in [0.5, 0.6) is 0 Å². The van der Waals surface area contributed by atoms with E-state index >= 15 is 0 Å². The van der Waals surface area contributed by atoms with Gasteiger partial charge in [0.05, 0.1) is 12.1 Å². The summed E-state index contributed by atoms with van der Waals surface area (Å²) in [4.78, 5) is 37.1. The number of amides is 3. The minimum atomic E-state index is -1.25. The number of nitrogens with one attached hydrogen (secondary N) is 3. The number of rotatable bonds is 15. The number of carbonyl (C=O) groups excluding carboxylic acids is 3. The van der Waals surface area contributed by atoms with Crippen LogP contribution in [0, 0.1) is 6.92 Å². The number of unbranched alkanes of at least 4 members (excludes halogenated alkanes) is 1. The number of hydrogen-bond donors (Lipinski definition) is 6. The molecule has 4 atom stereocenters. The number of primary amides is 1. The lowest BCUT2D eigenvalue weighted by Gasteiger charge is -2.29. The minimum Gasteiger partial charge on any atom is -0.376 e. The van der Waals surface area contributed by atoms with Gasteiger partial charge in [-0.3, -0.25) is 19.7 Å². The summed E-state index contributed by atoms with van der Waals surface area (Å²) in [6.07, 6.45) is 1.13. The van der Waals surface area contributed by atoms with Crippen molar-refractivity contribution in [3.05, 3.63) is 71.3 Å². The third kappa shape index (κ3) is 10.2. The highest BCUT2D eigenvalue weighted by Gasteiger charge is 2.29. The fourth-order valence-electron chi connectivity index (χ4n) is 3.93. The molecule has 9 heteroatoms. The molecule has 0 aliphatic heterocycles. The molecule has 2 aromatic rings. The van der Waals surface area contributed by atoms with Crippen LogP contribution in [0.4, 0.5) is 0 Å². The van der Waals surface area contributed by atoms with Crippen molar-refractivity contribution in [2.24, 2.45) is 11.5 Å². The molecule has 2 rings (SSSR count). The zero-order valence-corrected chi connectivity index (χ0v) is 21.1. The van der Waals surface area contributed by atoms with Gasteiger partial charge >= 0.3 is 0 Å². The van der Waals surface area contributed by atoms with Crippen molar-refractivity contribution in [2.45, 2.75) is 70.3 Å². The van der Waals surface area contributed by atoms with Gasteiger partial charge in [0.25, 0.3) is 0 Å². The molecule has 0 spiro atoms. The molecule has 2 aromatic carbocycles. The first-order chi connectivity index (χ1) is 17.2. The monoisotopic (exact) mass is 497 g/mol. The van der Waals surface area contributed by atoms with Crippen LogP contribution in [-0.4, -0.2) is 53.7 Å². The van der Waals surface area contributed by atoms with Crippen molar-refractivity contribution < 1.29 is 19.5 Å². The number of aryl methyl sites for hydroxylation is 1. The molecule has 0 radical (unpaired) electrons. The first-order valence-corrected chi connectivity index (χ1v) is 12.3. The molecule has 0 aliphatic rings. The maximum atomic E-state index is 13.2. The van der Waals surface area contributed by atoms with Gasteiger partial charge in [0.2, 0.25) is 17.7 Å². The van der Waals surface area contributed by atoms with E-state index in [1.54, 1.807) is 0 Å². The van der Waals surface area contributed by atoms with E-state index in [1.165, 1.54) is 6.92 Å². The Morgan fingerprint density at radius 1 is 0.889 bits per heavy atom. The summed E-state index contributed by atoms with van der Waals surface area (Å²) in [5.74, 6) is -1.37. The minimum absolute atomic E-state index is 0.290. The second kappa shape index (κ2) is 15.0. The van der Waals surface area contributed by atoms with Crippen LogP contribution in [0.3, 0.4) is 0 Å². The highest BCUT2D eigenvalue weighted by atomic mass is 16.3. The first-order valence-electron chi connectivity index (χ1n) is 12.3. The average molecular weight is 498 g/mol. The van der Waals surface area contributed by atoms with E-state index in [0.717, 1.165) is 16.7 Å². The largest absolute Gasteiger partial charge is 0.376 e. The summed E-state index contributed by atoms with van der Waals surface area (Å²) in [6.45, 7) is 3.80. The molecular weight excluding hydrogens is 458 g/mol. The Kier molecular flexibility index (Phi) is 12.0. The van der Waals surface area contributed by atoms with Gasteiger partial charge in [0, 0.05) is 13.3 Å². The number of benzene rings is 2. The summed E-state index contributed by atoms with van der Waals surface area (Å²) >= 11 is 0. The van der Waals surface area contributed by atoms with Gasteiger partial charge in [-0.25, -0.2) is 0 Å². The number of aliphatic hydroxyl groups is 1. The molecule has 0 saturated heterocycles. The van der Waals surface area contributed by atoms with Gasteiger partial charge in [-0.2, -0.15) is 0 Å². The molecule has 8 N–H and O–H groups in total. The van der Waals surface area contributed by atoms with E-state index in [2.05, 4.69) is 16.0 Å². The lowest BCUT2D eigenvalue weighted by atomic mass is 10.0. The molecule has 0 saturated carbocycles. The van der Waals surface area contributed by atoms with E-state index < -0.39 is 36.2 Å². The predicted molar refractivity (Wildman–Crippen MR) is 140 cm³/mol. The molecule has 0 fully saturated rings. The lowest BCUT2D eigenvalue weighted by Crippen LogP contribution is -2.59. The van der Waals surface area contributed by atoms with Gasteiger partial charge in [-0.05, 0) is 43.9 Å². The molecule has 0 aliphatic carbocycles. The van der Waals surface area contributed by atoms with Crippen molar-refractivity contribution in [3.63, 3.8) is 0 Å². The number of nitrogens with two attached hydrogens (primary N) is 2.